The maximum Gasteiger partial charge on any atom is 0.0453 e. The Bertz CT molecular complexity index is 609. The highest BCUT2D eigenvalue weighted by Gasteiger charge is 2.30. The molecule has 3 nitrogen and oxygen atoms in total. The fraction of sp³-hybridized carbons (Fsp3) is 0.368. The van der Waals surface area contributed by atoms with E-state index in [2.05, 4.69) is 78.9 Å². The average Bonchev–Trinajstić information content (AvgIpc) is 2.84. The Morgan fingerprint density at radius 2 is 1.68 bits per heavy atom. The molecule has 2 aromatic rings. The Kier molecular flexibility index (Phi) is 4.57. The van der Waals surface area contributed by atoms with Crippen LogP contribution in [0.2, 0.25) is 0 Å². The van der Waals surface area contributed by atoms with E-state index in [-0.39, 0.29) is 6.04 Å². The van der Waals surface area contributed by atoms with Crippen LogP contribution < -0.4 is 11.1 Å². The first-order chi connectivity index (χ1) is 10.6. The monoisotopic (exact) mass is 295 g/mol. The molecule has 0 aliphatic heterocycles. The number of rotatable bonds is 5. The van der Waals surface area contributed by atoms with Gasteiger partial charge in [0, 0.05) is 24.7 Å². The summed E-state index contributed by atoms with van der Waals surface area (Å²) in [7, 11) is 4.23. The molecule has 3 heteroatoms. The molecule has 3 N–H and O–H groups in total. The lowest BCUT2D eigenvalue weighted by molar-refractivity contribution is 0.316. The van der Waals surface area contributed by atoms with Crippen molar-refractivity contribution in [1.29, 1.82) is 0 Å². The number of benzene rings is 2. The summed E-state index contributed by atoms with van der Waals surface area (Å²) in [4.78, 5) is 2.23. The largest absolute Gasteiger partial charge is 0.324 e. The van der Waals surface area contributed by atoms with Crippen LogP contribution in [0.5, 0.6) is 0 Å². The molecule has 0 saturated heterocycles. The van der Waals surface area contributed by atoms with Gasteiger partial charge in [0.25, 0.3) is 0 Å². The molecule has 0 amide bonds. The SMILES string of the molecule is CN(C)CC(NC1CC(N)c2ccccc21)c1ccccc1. The molecule has 0 radical (unpaired) electrons. The highest BCUT2D eigenvalue weighted by atomic mass is 15.1. The summed E-state index contributed by atoms with van der Waals surface area (Å²) in [5.74, 6) is 0. The first kappa shape index (κ1) is 15.2. The molecular formula is C19H25N3. The number of nitrogens with zero attached hydrogens (tertiary/aromatic N) is 1. The van der Waals surface area contributed by atoms with Crippen molar-refractivity contribution in [3.8, 4) is 0 Å². The van der Waals surface area contributed by atoms with Crippen molar-refractivity contribution in [1.82, 2.24) is 10.2 Å². The minimum absolute atomic E-state index is 0.143. The topological polar surface area (TPSA) is 41.3 Å². The number of nitrogens with one attached hydrogen (secondary N) is 1. The first-order valence-electron chi connectivity index (χ1n) is 7.95. The van der Waals surface area contributed by atoms with Crippen LogP contribution in [0.25, 0.3) is 0 Å². The number of hydrogen-bond acceptors (Lipinski definition) is 3. The van der Waals surface area contributed by atoms with Crippen molar-refractivity contribution in [3.63, 3.8) is 0 Å². The van der Waals surface area contributed by atoms with Crippen LogP contribution in [-0.4, -0.2) is 25.5 Å². The van der Waals surface area contributed by atoms with Crippen LogP contribution in [0, 0.1) is 0 Å². The number of likely N-dealkylation sites (N-methyl/N-ethyl adjacent to an activating group) is 1. The van der Waals surface area contributed by atoms with Crippen LogP contribution >= 0.6 is 0 Å². The quantitative estimate of drug-likeness (QED) is 0.891. The summed E-state index contributed by atoms with van der Waals surface area (Å²) >= 11 is 0. The van der Waals surface area contributed by atoms with Gasteiger partial charge in [-0.2, -0.15) is 0 Å². The lowest BCUT2D eigenvalue weighted by Gasteiger charge is -2.27. The molecule has 3 atom stereocenters. The zero-order valence-corrected chi connectivity index (χ0v) is 13.4. The lowest BCUT2D eigenvalue weighted by Crippen LogP contribution is -2.33. The summed E-state index contributed by atoms with van der Waals surface area (Å²) < 4.78 is 0. The Hall–Kier alpha value is -1.68. The Balaban J connectivity index is 1.83. The number of nitrogens with two attached hydrogens (primary N) is 1. The van der Waals surface area contributed by atoms with E-state index < -0.39 is 0 Å². The third-order valence-electron chi connectivity index (χ3n) is 4.41. The minimum Gasteiger partial charge on any atom is -0.324 e. The molecule has 0 spiro atoms. The summed E-state index contributed by atoms with van der Waals surface area (Å²) in [6, 6.07) is 20.0. The van der Waals surface area contributed by atoms with E-state index in [4.69, 9.17) is 5.73 Å². The molecule has 22 heavy (non-hydrogen) atoms. The molecule has 0 bridgehead atoms. The maximum atomic E-state index is 6.30. The fourth-order valence-corrected chi connectivity index (χ4v) is 3.38. The van der Waals surface area contributed by atoms with Gasteiger partial charge in [-0.05, 0) is 37.2 Å². The third kappa shape index (κ3) is 3.22. The van der Waals surface area contributed by atoms with E-state index in [9.17, 15) is 0 Å². The molecule has 3 rings (SSSR count). The third-order valence-corrected chi connectivity index (χ3v) is 4.41. The van der Waals surface area contributed by atoms with Gasteiger partial charge in [-0.1, -0.05) is 54.6 Å². The molecule has 1 aliphatic rings. The molecule has 1 aliphatic carbocycles. The smallest absolute Gasteiger partial charge is 0.0453 e. The number of fused-ring (bicyclic) bond motifs is 1. The Morgan fingerprint density at radius 1 is 1.05 bits per heavy atom. The van der Waals surface area contributed by atoms with Crippen LogP contribution in [0.1, 0.15) is 41.2 Å². The van der Waals surface area contributed by atoms with E-state index in [0.29, 0.717) is 12.1 Å². The highest BCUT2D eigenvalue weighted by Crippen LogP contribution is 2.38. The zero-order chi connectivity index (χ0) is 15.5. The van der Waals surface area contributed by atoms with Gasteiger partial charge in [-0.3, -0.25) is 0 Å². The van der Waals surface area contributed by atoms with Gasteiger partial charge in [0.1, 0.15) is 0 Å². The van der Waals surface area contributed by atoms with Gasteiger partial charge in [-0.15, -0.1) is 0 Å². The van der Waals surface area contributed by atoms with E-state index in [1.807, 2.05) is 0 Å². The van der Waals surface area contributed by atoms with Crippen LogP contribution in [-0.2, 0) is 0 Å². The van der Waals surface area contributed by atoms with Gasteiger partial charge in [0.2, 0.25) is 0 Å². The Morgan fingerprint density at radius 3 is 2.36 bits per heavy atom. The molecule has 3 unspecified atom stereocenters. The first-order valence-corrected chi connectivity index (χ1v) is 7.95. The van der Waals surface area contributed by atoms with Crippen LogP contribution in [0.3, 0.4) is 0 Å². The second-order valence-electron chi connectivity index (χ2n) is 6.42. The summed E-state index contributed by atoms with van der Waals surface area (Å²) in [6.45, 7) is 0.970. The molecule has 116 valence electrons. The van der Waals surface area contributed by atoms with E-state index >= 15 is 0 Å². The molecule has 0 saturated carbocycles. The summed E-state index contributed by atoms with van der Waals surface area (Å²) in [6.07, 6.45) is 0.968. The summed E-state index contributed by atoms with van der Waals surface area (Å²) in [5.41, 5.74) is 10.3. The van der Waals surface area contributed by atoms with Gasteiger partial charge in [0.05, 0.1) is 0 Å². The number of hydrogen-bond donors (Lipinski definition) is 2. The van der Waals surface area contributed by atoms with Gasteiger partial charge in [0.15, 0.2) is 0 Å². The predicted molar refractivity (Wildman–Crippen MR) is 91.6 cm³/mol. The highest BCUT2D eigenvalue weighted by molar-refractivity contribution is 5.37. The standard InChI is InChI=1S/C19H25N3/c1-22(2)13-19(14-8-4-3-5-9-14)21-18-12-17(20)15-10-6-7-11-16(15)18/h3-11,17-19,21H,12-13,20H2,1-2H3. The van der Waals surface area contributed by atoms with Crippen molar-refractivity contribution >= 4 is 0 Å². The summed E-state index contributed by atoms with van der Waals surface area (Å²) in [5, 5.41) is 3.83. The molecular weight excluding hydrogens is 270 g/mol. The van der Waals surface area contributed by atoms with E-state index in [1.165, 1.54) is 16.7 Å². The Labute approximate surface area is 133 Å². The van der Waals surface area contributed by atoms with Gasteiger partial charge < -0.3 is 16.0 Å². The lowest BCUT2D eigenvalue weighted by atomic mass is 10.0. The maximum absolute atomic E-state index is 6.30. The molecule has 0 aromatic heterocycles. The average molecular weight is 295 g/mol. The van der Waals surface area contributed by atoms with Crippen LogP contribution in [0.4, 0.5) is 0 Å². The van der Waals surface area contributed by atoms with Gasteiger partial charge in [-0.25, -0.2) is 0 Å². The molecule has 0 fully saturated rings. The molecule has 2 aromatic carbocycles. The van der Waals surface area contributed by atoms with Crippen LogP contribution in [0.15, 0.2) is 54.6 Å². The second-order valence-corrected chi connectivity index (χ2v) is 6.42. The van der Waals surface area contributed by atoms with Crippen molar-refractivity contribution in [3.05, 3.63) is 71.3 Å². The predicted octanol–water partition coefficient (Wildman–Crippen LogP) is 3.02. The van der Waals surface area contributed by atoms with Crippen molar-refractivity contribution in [2.45, 2.75) is 24.5 Å². The van der Waals surface area contributed by atoms with E-state index in [0.717, 1.165) is 13.0 Å². The molecule has 0 heterocycles. The van der Waals surface area contributed by atoms with Crippen molar-refractivity contribution in [2.75, 3.05) is 20.6 Å². The second kappa shape index (κ2) is 6.61. The van der Waals surface area contributed by atoms with Gasteiger partial charge >= 0.3 is 0 Å². The van der Waals surface area contributed by atoms with Crippen molar-refractivity contribution in [2.24, 2.45) is 5.73 Å². The van der Waals surface area contributed by atoms with Crippen molar-refractivity contribution < 1.29 is 0 Å². The van der Waals surface area contributed by atoms with E-state index in [1.54, 1.807) is 0 Å². The zero-order valence-electron chi connectivity index (χ0n) is 13.4. The normalized spacial score (nSPS) is 21.8. The minimum atomic E-state index is 0.143. The fourth-order valence-electron chi connectivity index (χ4n) is 3.38.